The highest BCUT2D eigenvalue weighted by Gasteiger charge is 2.41. The second-order valence-corrected chi connectivity index (χ2v) is 18.8. The van der Waals surface area contributed by atoms with Gasteiger partial charge >= 0.3 is 0 Å². The maximum atomic E-state index is 13.8. The number of unbranched alkanes of at least 4 members (excludes halogenated alkanes) is 2. The van der Waals surface area contributed by atoms with Crippen molar-refractivity contribution in [3.05, 3.63) is 141 Å². The van der Waals surface area contributed by atoms with Crippen LogP contribution in [0.4, 0.5) is 5.69 Å². The molecule has 1 atom stereocenters. The Hall–Kier alpha value is -4.78. The molecule has 10 nitrogen and oxygen atoms in total. The largest absolute Gasteiger partial charge is 0.588 e. The maximum Gasteiger partial charge on any atom is 0.184 e. The highest BCUT2D eigenvalue weighted by Crippen LogP contribution is 2.55. The summed E-state index contributed by atoms with van der Waals surface area (Å²) in [5, 5.41) is 13.8. The number of hydrogen-bond acceptors (Lipinski definition) is 9. The third-order valence-corrected chi connectivity index (χ3v) is 14.3. The highest BCUT2D eigenvalue weighted by atomic mass is 35.5. The van der Waals surface area contributed by atoms with E-state index in [4.69, 9.17) is 27.5 Å². The number of pyridine rings is 1. The average Bonchev–Trinajstić information content (AvgIpc) is 3.72. The van der Waals surface area contributed by atoms with Gasteiger partial charge in [0.05, 0.1) is 11.4 Å². The Morgan fingerprint density at radius 1 is 1.07 bits per heavy atom. The van der Waals surface area contributed by atoms with Crippen molar-refractivity contribution >= 4 is 56.7 Å². The number of rotatable bonds is 17. The average molecular weight is 860 g/mol. The summed E-state index contributed by atoms with van der Waals surface area (Å²) in [7, 11) is 1.71. The monoisotopic (exact) mass is 858 g/mol. The van der Waals surface area contributed by atoms with E-state index in [1.807, 2.05) is 30.6 Å². The summed E-state index contributed by atoms with van der Waals surface area (Å²) in [5.74, 6) is 0. The number of anilines is 1. The zero-order valence-electron chi connectivity index (χ0n) is 35.3. The van der Waals surface area contributed by atoms with Gasteiger partial charge in [-0.25, -0.2) is 9.71 Å². The van der Waals surface area contributed by atoms with Crippen LogP contribution in [0.15, 0.2) is 114 Å². The van der Waals surface area contributed by atoms with E-state index < -0.39 is 11.4 Å². The summed E-state index contributed by atoms with van der Waals surface area (Å²) in [5.41, 5.74) is 18.2. The van der Waals surface area contributed by atoms with Crippen LogP contribution in [-0.4, -0.2) is 78.1 Å². The van der Waals surface area contributed by atoms with Crippen molar-refractivity contribution in [1.82, 2.24) is 24.9 Å². The van der Waals surface area contributed by atoms with Crippen LogP contribution in [-0.2, 0) is 22.5 Å². The predicted molar refractivity (Wildman–Crippen MR) is 253 cm³/mol. The number of methoxy groups -OCH3 is 1. The predicted octanol–water partition coefficient (Wildman–Crippen LogP) is 9.01. The number of hydrogen-bond donors (Lipinski definition) is 5. The van der Waals surface area contributed by atoms with Gasteiger partial charge in [0.15, 0.2) is 4.91 Å². The number of nitrogens with two attached hydrogens (primary N) is 1. The standard InChI is InChI=1S/C49H59ClN8O2S/c1-34(56-61(59)42-28-46(51)45(47(52)29-42)32-53-18-4-3-5-24-60-2)43-12-11-41(27-39(43)26-35-25-37-14-19-54-48(37)55-31-35)58-22-20-57(21-23-58)33-38-13-17-49(15-6-16-49)30-44(38)36-7-9-40(50)10-8-36/h7-12,14,19,25,27-29,31-32,51,53,56H,1,3-6,13,15-18,20-24,26,30,33,52H2,2H3,(H,54,55)/b45-32+,51-46?. The van der Waals surface area contributed by atoms with Crippen LogP contribution in [0.3, 0.4) is 0 Å². The quantitative estimate of drug-likeness (QED) is 0.0524. The van der Waals surface area contributed by atoms with Crippen molar-refractivity contribution in [3.8, 4) is 0 Å². The Bertz CT molecular complexity index is 2350. The number of nitrogens with one attached hydrogen (secondary N) is 4. The lowest BCUT2D eigenvalue weighted by atomic mass is 9.59. The second-order valence-electron chi connectivity index (χ2n) is 17.1. The summed E-state index contributed by atoms with van der Waals surface area (Å²) in [6.07, 6.45) is 20.3. The second kappa shape index (κ2) is 19.5. The normalized spacial score (nSPS) is 19.2. The minimum Gasteiger partial charge on any atom is -0.588 e. The van der Waals surface area contributed by atoms with E-state index in [0.29, 0.717) is 33.7 Å². The number of H-pyrrole nitrogens is 1. The molecule has 3 aliphatic carbocycles. The topological polar surface area (TPSA) is 141 Å². The van der Waals surface area contributed by atoms with Crippen molar-refractivity contribution in [2.24, 2.45) is 11.1 Å². The summed E-state index contributed by atoms with van der Waals surface area (Å²) < 4.78 is 22.1. The van der Waals surface area contributed by atoms with Gasteiger partial charge in [-0.1, -0.05) is 48.4 Å². The summed E-state index contributed by atoms with van der Waals surface area (Å²) in [6.45, 7) is 10.8. The van der Waals surface area contributed by atoms with Crippen LogP contribution in [0.5, 0.6) is 0 Å². The molecule has 1 saturated heterocycles. The first-order chi connectivity index (χ1) is 29.7. The molecule has 61 heavy (non-hydrogen) atoms. The highest BCUT2D eigenvalue weighted by molar-refractivity contribution is 7.93. The number of allylic oxidation sites excluding steroid dienone is 4. The number of piperazine rings is 1. The fourth-order valence-corrected chi connectivity index (χ4v) is 10.3. The molecular formula is C49H59ClN8O2S. The molecule has 8 rings (SSSR count). The molecule has 2 aromatic heterocycles. The molecule has 2 aromatic carbocycles. The fraction of sp³-hybridized carbons (Fsp3) is 0.388. The number of benzene rings is 2. The number of fused-ring (bicyclic) bond motifs is 1. The molecule has 0 bridgehead atoms. The molecule has 1 unspecified atom stereocenters. The van der Waals surface area contributed by atoms with E-state index in [0.717, 1.165) is 104 Å². The lowest BCUT2D eigenvalue weighted by Crippen LogP contribution is -2.47. The zero-order valence-corrected chi connectivity index (χ0v) is 36.9. The molecule has 1 saturated carbocycles. The summed E-state index contributed by atoms with van der Waals surface area (Å²) >= 11 is 4.61. The van der Waals surface area contributed by atoms with Gasteiger partial charge in [0.2, 0.25) is 0 Å². The van der Waals surface area contributed by atoms with Crippen molar-refractivity contribution in [3.63, 3.8) is 0 Å². The van der Waals surface area contributed by atoms with E-state index in [-0.39, 0.29) is 5.71 Å². The van der Waals surface area contributed by atoms with Gasteiger partial charge in [0.25, 0.3) is 0 Å². The van der Waals surface area contributed by atoms with Crippen LogP contribution < -0.4 is 20.7 Å². The Balaban J connectivity index is 0.951. The SMILES string of the molecule is C=C(N[S+]([O-])C1=CC(=N)/C(=C\NCCCCCOC)C(N)=C1)c1ccc(N2CCN(CC3=C(c4ccc(Cl)cc4)CC4(CCC4)CC3)CC2)cc1Cc1cnc2[nH]ccc2c1. The van der Waals surface area contributed by atoms with Gasteiger partial charge in [-0.15, -0.1) is 0 Å². The first kappa shape index (κ1) is 42.9. The molecule has 320 valence electrons. The number of halogens is 1. The third-order valence-electron chi connectivity index (χ3n) is 13.0. The smallest absolute Gasteiger partial charge is 0.184 e. The van der Waals surface area contributed by atoms with E-state index in [9.17, 15) is 4.55 Å². The van der Waals surface area contributed by atoms with E-state index in [1.165, 1.54) is 44.1 Å². The number of aromatic nitrogens is 2. The van der Waals surface area contributed by atoms with E-state index >= 15 is 0 Å². The molecule has 1 aliphatic heterocycles. The van der Waals surface area contributed by atoms with Crippen LogP contribution in [0.25, 0.3) is 22.3 Å². The van der Waals surface area contributed by atoms with Gasteiger partial charge in [-0.3, -0.25) is 10.3 Å². The van der Waals surface area contributed by atoms with Gasteiger partial charge in [-0.2, -0.15) is 0 Å². The fourth-order valence-electron chi connectivity index (χ4n) is 9.31. The Morgan fingerprint density at radius 3 is 2.64 bits per heavy atom. The molecule has 4 aromatic rings. The van der Waals surface area contributed by atoms with Crippen molar-refractivity contribution in [2.45, 2.75) is 64.2 Å². The maximum absolute atomic E-state index is 13.8. The Morgan fingerprint density at radius 2 is 1.89 bits per heavy atom. The van der Waals surface area contributed by atoms with E-state index in [1.54, 1.807) is 36.6 Å². The molecule has 0 radical (unpaired) electrons. The summed E-state index contributed by atoms with van der Waals surface area (Å²) in [4.78, 5) is 13.4. The Kier molecular flexibility index (Phi) is 13.7. The first-order valence-corrected chi connectivity index (χ1v) is 23.3. The van der Waals surface area contributed by atoms with Gasteiger partial charge in [-0.05, 0) is 122 Å². The first-order valence-electron chi connectivity index (χ1n) is 21.7. The lowest BCUT2D eigenvalue weighted by Gasteiger charge is -2.47. The van der Waals surface area contributed by atoms with Gasteiger partial charge in [0, 0.05) is 117 Å². The lowest BCUT2D eigenvalue weighted by molar-refractivity contribution is 0.118. The van der Waals surface area contributed by atoms with Crippen LogP contribution >= 0.6 is 11.6 Å². The summed E-state index contributed by atoms with van der Waals surface area (Å²) in [6, 6.07) is 19.2. The zero-order chi connectivity index (χ0) is 42.3. The molecule has 0 amide bonds. The van der Waals surface area contributed by atoms with Crippen LogP contribution in [0.2, 0.25) is 5.02 Å². The van der Waals surface area contributed by atoms with Crippen LogP contribution in [0.1, 0.15) is 80.0 Å². The Labute approximate surface area is 368 Å². The molecular weight excluding hydrogens is 800 g/mol. The molecule has 4 aliphatic rings. The molecule has 3 heterocycles. The molecule has 1 spiro atoms. The molecule has 6 N–H and O–H groups in total. The minimum atomic E-state index is -1.70. The number of ether oxygens (including phenoxy) is 1. The molecule has 2 fully saturated rings. The molecule has 12 heteroatoms. The number of aromatic amines is 1. The van der Waals surface area contributed by atoms with Crippen molar-refractivity contribution in [1.29, 1.82) is 5.41 Å². The van der Waals surface area contributed by atoms with Crippen molar-refractivity contribution in [2.75, 3.05) is 57.9 Å². The van der Waals surface area contributed by atoms with E-state index in [2.05, 4.69) is 72.8 Å². The van der Waals surface area contributed by atoms with Crippen LogP contribution in [0, 0.1) is 10.8 Å². The number of nitrogens with zero attached hydrogens (tertiary/aromatic N) is 3. The van der Waals surface area contributed by atoms with Gasteiger partial charge in [0.1, 0.15) is 17.0 Å². The third kappa shape index (κ3) is 10.3. The van der Waals surface area contributed by atoms with Gasteiger partial charge < -0.3 is 30.2 Å². The minimum absolute atomic E-state index is 0.208. The van der Waals surface area contributed by atoms with Crippen molar-refractivity contribution < 1.29 is 9.29 Å².